The van der Waals surface area contributed by atoms with Crippen LogP contribution in [0.15, 0.2) is 0 Å². The molecule has 0 saturated heterocycles. The van der Waals surface area contributed by atoms with Gasteiger partial charge in [0.1, 0.15) is 0 Å². The van der Waals surface area contributed by atoms with E-state index in [4.69, 9.17) is 5.73 Å². The molecule has 0 saturated carbocycles. The Balaban J connectivity index is 4.46. The highest BCUT2D eigenvalue weighted by Gasteiger charge is 2.21. The molecule has 0 aromatic carbocycles. The molecule has 0 heterocycles. The van der Waals surface area contributed by atoms with Crippen LogP contribution in [0.2, 0.25) is 0 Å². The molecule has 3 N–H and O–H groups in total. The molecule has 0 spiro atoms. The van der Waals surface area contributed by atoms with Gasteiger partial charge in [-0.05, 0) is 6.42 Å². The van der Waals surface area contributed by atoms with Gasteiger partial charge in [-0.15, -0.1) is 0 Å². The van der Waals surface area contributed by atoms with Crippen molar-refractivity contribution >= 4 is 10.2 Å². The van der Waals surface area contributed by atoms with E-state index in [2.05, 4.69) is 4.72 Å². The third-order valence-electron chi connectivity index (χ3n) is 2.28. The molecule has 1 atom stereocenters. The largest absolute Gasteiger partial charge is 0.329 e. The summed E-state index contributed by atoms with van der Waals surface area (Å²) in [7, 11) is -3.35. The zero-order chi connectivity index (χ0) is 11.9. The summed E-state index contributed by atoms with van der Waals surface area (Å²) in [5, 5.41) is 0. The fourth-order valence-corrected chi connectivity index (χ4v) is 2.89. The van der Waals surface area contributed by atoms with Crippen molar-refractivity contribution in [3.05, 3.63) is 0 Å². The second-order valence-electron chi connectivity index (χ2n) is 3.43. The van der Waals surface area contributed by atoms with Gasteiger partial charge in [0.15, 0.2) is 0 Å². The van der Waals surface area contributed by atoms with Crippen LogP contribution >= 0.6 is 0 Å². The molecule has 0 aliphatic heterocycles. The van der Waals surface area contributed by atoms with Crippen LogP contribution in [0.1, 0.15) is 33.6 Å². The third kappa shape index (κ3) is 4.92. The smallest absolute Gasteiger partial charge is 0.279 e. The van der Waals surface area contributed by atoms with E-state index in [-0.39, 0.29) is 6.04 Å². The van der Waals surface area contributed by atoms with Crippen molar-refractivity contribution in [2.75, 3.05) is 19.6 Å². The summed E-state index contributed by atoms with van der Waals surface area (Å²) >= 11 is 0. The molecule has 0 radical (unpaired) electrons. The zero-order valence-electron chi connectivity index (χ0n) is 9.86. The highest BCUT2D eigenvalue weighted by Crippen LogP contribution is 2.02. The maximum Gasteiger partial charge on any atom is 0.279 e. The second kappa shape index (κ2) is 7.16. The third-order valence-corrected chi connectivity index (χ3v) is 4.11. The highest BCUT2D eigenvalue weighted by atomic mass is 32.2. The Labute approximate surface area is 93.2 Å². The molecular weight excluding hydrogens is 214 g/mol. The van der Waals surface area contributed by atoms with Crippen molar-refractivity contribution in [1.82, 2.24) is 9.03 Å². The molecule has 0 rings (SSSR count). The van der Waals surface area contributed by atoms with Gasteiger partial charge < -0.3 is 5.73 Å². The molecule has 1 unspecified atom stereocenters. The summed E-state index contributed by atoms with van der Waals surface area (Å²) in [6, 6.07) is -0.152. The summed E-state index contributed by atoms with van der Waals surface area (Å²) in [6.45, 7) is 6.95. The van der Waals surface area contributed by atoms with Crippen molar-refractivity contribution in [3.8, 4) is 0 Å². The molecule has 92 valence electrons. The standard InChI is InChI=1S/C9H23N3O2S/c1-4-7-9(8-10)11-15(13,14)12(5-2)6-3/h9,11H,4-8,10H2,1-3H3. The zero-order valence-corrected chi connectivity index (χ0v) is 10.7. The SMILES string of the molecule is CCCC(CN)NS(=O)(=O)N(CC)CC. The average molecular weight is 237 g/mol. The van der Waals surface area contributed by atoms with Crippen LogP contribution in [-0.2, 0) is 10.2 Å². The lowest BCUT2D eigenvalue weighted by molar-refractivity contribution is 0.421. The van der Waals surface area contributed by atoms with E-state index in [0.717, 1.165) is 12.8 Å². The topological polar surface area (TPSA) is 75.4 Å². The molecule has 0 aromatic heterocycles. The van der Waals surface area contributed by atoms with E-state index in [1.54, 1.807) is 0 Å². The number of hydrogen-bond donors (Lipinski definition) is 2. The number of rotatable bonds is 8. The van der Waals surface area contributed by atoms with Gasteiger partial charge in [0.2, 0.25) is 0 Å². The van der Waals surface area contributed by atoms with Gasteiger partial charge in [0.25, 0.3) is 10.2 Å². The minimum Gasteiger partial charge on any atom is -0.329 e. The van der Waals surface area contributed by atoms with Crippen molar-refractivity contribution in [3.63, 3.8) is 0 Å². The van der Waals surface area contributed by atoms with E-state index >= 15 is 0 Å². The van der Waals surface area contributed by atoms with Crippen LogP contribution in [0, 0.1) is 0 Å². The van der Waals surface area contributed by atoms with Crippen molar-refractivity contribution in [2.24, 2.45) is 5.73 Å². The quantitative estimate of drug-likeness (QED) is 0.637. The second-order valence-corrected chi connectivity index (χ2v) is 5.13. The Morgan fingerprint density at radius 1 is 1.27 bits per heavy atom. The Morgan fingerprint density at radius 3 is 2.13 bits per heavy atom. The fraction of sp³-hybridized carbons (Fsp3) is 1.00. The normalized spacial score (nSPS) is 14.5. The summed E-state index contributed by atoms with van der Waals surface area (Å²) in [4.78, 5) is 0. The summed E-state index contributed by atoms with van der Waals surface area (Å²) in [6.07, 6.45) is 1.69. The van der Waals surface area contributed by atoms with Crippen LogP contribution in [-0.4, -0.2) is 38.4 Å². The Hall–Kier alpha value is -0.170. The molecule has 6 heteroatoms. The number of hydrogen-bond acceptors (Lipinski definition) is 3. The van der Waals surface area contributed by atoms with Gasteiger partial charge in [0, 0.05) is 25.7 Å². The van der Waals surface area contributed by atoms with Gasteiger partial charge >= 0.3 is 0 Å². The van der Waals surface area contributed by atoms with Crippen molar-refractivity contribution in [1.29, 1.82) is 0 Å². The fourth-order valence-electron chi connectivity index (χ4n) is 1.42. The first-order valence-corrected chi connectivity index (χ1v) is 6.93. The maximum absolute atomic E-state index is 11.8. The first-order chi connectivity index (χ1) is 7.01. The summed E-state index contributed by atoms with van der Waals surface area (Å²) < 4.78 is 27.6. The predicted molar refractivity (Wildman–Crippen MR) is 62.7 cm³/mol. The van der Waals surface area contributed by atoms with Gasteiger partial charge in [0.05, 0.1) is 0 Å². The molecule has 5 nitrogen and oxygen atoms in total. The molecule has 15 heavy (non-hydrogen) atoms. The molecular formula is C9H23N3O2S. The summed E-state index contributed by atoms with van der Waals surface area (Å²) in [5.74, 6) is 0. The van der Waals surface area contributed by atoms with E-state index in [0.29, 0.717) is 19.6 Å². The lowest BCUT2D eigenvalue weighted by atomic mass is 10.2. The summed E-state index contributed by atoms with van der Waals surface area (Å²) in [5.41, 5.74) is 5.50. The minimum atomic E-state index is -3.35. The molecule has 0 bridgehead atoms. The van der Waals surface area contributed by atoms with E-state index in [1.807, 2.05) is 20.8 Å². The molecule has 0 amide bonds. The average Bonchev–Trinajstić information content (AvgIpc) is 2.18. The molecule has 0 aromatic rings. The lowest BCUT2D eigenvalue weighted by Crippen LogP contribution is -2.47. The first-order valence-electron chi connectivity index (χ1n) is 5.49. The highest BCUT2D eigenvalue weighted by molar-refractivity contribution is 7.87. The van der Waals surface area contributed by atoms with Crippen LogP contribution in [0.25, 0.3) is 0 Å². The Kier molecular flexibility index (Phi) is 7.08. The number of nitrogens with two attached hydrogens (primary N) is 1. The monoisotopic (exact) mass is 237 g/mol. The van der Waals surface area contributed by atoms with Crippen LogP contribution in [0.4, 0.5) is 0 Å². The van der Waals surface area contributed by atoms with Crippen molar-refractivity contribution < 1.29 is 8.42 Å². The van der Waals surface area contributed by atoms with Gasteiger partial charge in [-0.2, -0.15) is 17.4 Å². The molecule has 0 aliphatic rings. The molecule has 0 aliphatic carbocycles. The Morgan fingerprint density at radius 2 is 1.80 bits per heavy atom. The van der Waals surface area contributed by atoms with E-state index < -0.39 is 10.2 Å². The minimum absolute atomic E-state index is 0.152. The van der Waals surface area contributed by atoms with E-state index in [9.17, 15) is 8.42 Å². The number of nitrogens with zero attached hydrogens (tertiary/aromatic N) is 1. The maximum atomic E-state index is 11.8. The van der Waals surface area contributed by atoms with Crippen LogP contribution in [0.3, 0.4) is 0 Å². The lowest BCUT2D eigenvalue weighted by Gasteiger charge is -2.23. The predicted octanol–water partition coefficient (Wildman–Crippen LogP) is 0.290. The molecule has 0 fully saturated rings. The number of nitrogens with one attached hydrogen (secondary N) is 1. The van der Waals surface area contributed by atoms with Crippen LogP contribution < -0.4 is 10.5 Å². The van der Waals surface area contributed by atoms with E-state index in [1.165, 1.54) is 4.31 Å². The van der Waals surface area contributed by atoms with Crippen molar-refractivity contribution in [2.45, 2.75) is 39.7 Å². The first kappa shape index (κ1) is 14.8. The van der Waals surface area contributed by atoms with Gasteiger partial charge in [-0.3, -0.25) is 0 Å². The van der Waals surface area contributed by atoms with Gasteiger partial charge in [-0.25, -0.2) is 0 Å². The van der Waals surface area contributed by atoms with Crippen LogP contribution in [0.5, 0.6) is 0 Å². The van der Waals surface area contributed by atoms with Gasteiger partial charge in [-0.1, -0.05) is 27.2 Å². The Bertz CT molecular complexity index is 250.